The number of fused-ring (bicyclic) bond motifs is 1. The van der Waals surface area contributed by atoms with E-state index in [1.807, 2.05) is 0 Å². The lowest BCUT2D eigenvalue weighted by Crippen LogP contribution is -2.49. The number of hydrogen-bond acceptors (Lipinski definition) is 5. The van der Waals surface area contributed by atoms with Gasteiger partial charge in [0.2, 0.25) is 0 Å². The summed E-state index contributed by atoms with van der Waals surface area (Å²) in [7, 11) is 0. The Balaban J connectivity index is 1.44. The molecule has 37 heavy (non-hydrogen) atoms. The highest BCUT2D eigenvalue weighted by atomic mass is 19.4. The fraction of sp³-hybridized carbons (Fsp3) is 0.269. The number of benzene rings is 2. The van der Waals surface area contributed by atoms with Crippen molar-refractivity contribution in [2.45, 2.75) is 24.6 Å². The van der Waals surface area contributed by atoms with Crippen LogP contribution in [0.15, 0.2) is 54.7 Å². The molecule has 2 aliphatic rings. The summed E-state index contributed by atoms with van der Waals surface area (Å²) in [6.07, 6.45) is -2.65. The summed E-state index contributed by atoms with van der Waals surface area (Å²) in [5, 5.41) is 5.37. The molecule has 2 aliphatic heterocycles. The van der Waals surface area contributed by atoms with Gasteiger partial charge in [0.15, 0.2) is 0 Å². The first kappa shape index (κ1) is 24.7. The first-order valence-electron chi connectivity index (χ1n) is 11.5. The Morgan fingerprint density at radius 1 is 1.03 bits per heavy atom. The van der Waals surface area contributed by atoms with Crippen LogP contribution >= 0.6 is 0 Å². The van der Waals surface area contributed by atoms with Crippen LogP contribution in [0.2, 0.25) is 0 Å². The van der Waals surface area contributed by atoms with Gasteiger partial charge in [-0.3, -0.25) is 14.6 Å². The molecule has 2 amide bonds. The van der Waals surface area contributed by atoms with Gasteiger partial charge in [0, 0.05) is 35.9 Å². The fourth-order valence-corrected chi connectivity index (χ4v) is 4.34. The fourth-order valence-electron chi connectivity index (χ4n) is 4.34. The number of nitrogens with zero attached hydrogens (tertiary/aromatic N) is 1. The predicted molar refractivity (Wildman–Crippen MR) is 125 cm³/mol. The van der Waals surface area contributed by atoms with Crippen molar-refractivity contribution < 1.29 is 36.6 Å². The molecule has 2 N–H and O–H groups in total. The van der Waals surface area contributed by atoms with Gasteiger partial charge in [0.05, 0.1) is 25.3 Å². The molecule has 3 aromatic rings. The maximum absolute atomic E-state index is 14.9. The van der Waals surface area contributed by atoms with Gasteiger partial charge in [-0.15, -0.1) is 0 Å². The van der Waals surface area contributed by atoms with Crippen molar-refractivity contribution >= 4 is 17.5 Å². The minimum Gasteiger partial charge on any atom is -0.484 e. The molecular weight excluding hydrogens is 494 g/mol. The van der Waals surface area contributed by atoms with Gasteiger partial charge in [-0.2, -0.15) is 13.2 Å². The van der Waals surface area contributed by atoms with Crippen molar-refractivity contribution in [1.82, 2.24) is 10.3 Å². The Labute approximate surface area is 208 Å². The number of halogens is 4. The molecule has 192 valence electrons. The van der Waals surface area contributed by atoms with Crippen LogP contribution in [-0.4, -0.2) is 42.2 Å². The maximum Gasteiger partial charge on any atom is 0.433 e. The number of pyridine rings is 1. The molecule has 5 rings (SSSR count). The Morgan fingerprint density at radius 3 is 2.57 bits per heavy atom. The molecule has 1 fully saturated rings. The molecule has 2 aromatic carbocycles. The van der Waals surface area contributed by atoms with Crippen LogP contribution in [0, 0.1) is 5.82 Å². The van der Waals surface area contributed by atoms with Crippen molar-refractivity contribution in [3.05, 3.63) is 77.4 Å². The topological polar surface area (TPSA) is 89.5 Å². The summed E-state index contributed by atoms with van der Waals surface area (Å²) in [5.74, 6) is -1.41. The molecule has 0 bridgehead atoms. The molecule has 11 heteroatoms. The number of carbonyl (C=O) groups excluding carboxylic acids is 2. The average Bonchev–Trinajstić information content (AvgIpc) is 3.01. The second-order valence-corrected chi connectivity index (χ2v) is 8.87. The van der Waals surface area contributed by atoms with Gasteiger partial charge in [-0.05, 0) is 48.0 Å². The second kappa shape index (κ2) is 9.47. The van der Waals surface area contributed by atoms with Crippen LogP contribution in [0.3, 0.4) is 0 Å². The number of carbonyl (C=O) groups is 2. The number of alkyl halides is 3. The molecule has 7 nitrogen and oxygen atoms in total. The van der Waals surface area contributed by atoms with Crippen molar-refractivity contribution in [3.63, 3.8) is 0 Å². The minimum absolute atomic E-state index is 0.112. The zero-order valence-corrected chi connectivity index (χ0v) is 19.3. The molecule has 0 aliphatic carbocycles. The van der Waals surface area contributed by atoms with Gasteiger partial charge in [-0.1, -0.05) is 6.07 Å². The number of ether oxygens (including phenoxy) is 2. The van der Waals surface area contributed by atoms with Gasteiger partial charge in [0.1, 0.15) is 22.9 Å². The van der Waals surface area contributed by atoms with Crippen LogP contribution < -0.4 is 15.4 Å². The number of amides is 2. The first-order valence-corrected chi connectivity index (χ1v) is 11.5. The van der Waals surface area contributed by atoms with Crippen molar-refractivity contribution in [1.29, 1.82) is 0 Å². The molecule has 0 saturated carbocycles. The number of nitrogens with one attached hydrogen (secondary N) is 2. The van der Waals surface area contributed by atoms with Gasteiger partial charge >= 0.3 is 6.18 Å². The van der Waals surface area contributed by atoms with Gasteiger partial charge in [-0.25, -0.2) is 4.39 Å². The van der Waals surface area contributed by atoms with E-state index in [1.54, 1.807) is 18.2 Å². The summed E-state index contributed by atoms with van der Waals surface area (Å²) in [5.41, 5.74) is -1.09. The number of rotatable bonds is 3. The van der Waals surface area contributed by atoms with E-state index in [2.05, 4.69) is 15.6 Å². The number of hydrogen-bond donors (Lipinski definition) is 2. The highest BCUT2D eigenvalue weighted by Crippen LogP contribution is 2.36. The molecule has 1 saturated heterocycles. The zero-order valence-electron chi connectivity index (χ0n) is 19.3. The molecule has 0 unspecified atom stereocenters. The quantitative estimate of drug-likeness (QED) is 0.488. The van der Waals surface area contributed by atoms with E-state index in [9.17, 15) is 27.2 Å². The minimum atomic E-state index is -4.70. The standard InChI is InChI=1S/C26H21F4N3O4/c27-20-4-2-17(33-23(34)16-5-8-31-22(12-16)26(28,29)30)13-19(20)15-1-3-18-21(11-15)37-25(14-32-24(18)35)6-9-36-10-7-25/h1-5,8,11-13H,6-7,9-10,14H2,(H,32,35)(H,33,34). The van der Waals surface area contributed by atoms with Crippen molar-refractivity contribution in [3.8, 4) is 16.9 Å². The highest BCUT2D eigenvalue weighted by Gasteiger charge is 2.39. The largest absolute Gasteiger partial charge is 0.484 e. The predicted octanol–water partition coefficient (Wildman–Crippen LogP) is 4.83. The monoisotopic (exact) mass is 515 g/mol. The Hall–Kier alpha value is -3.99. The van der Waals surface area contributed by atoms with E-state index in [0.717, 1.165) is 18.3 Å². The maximum atomic E-state index is 14.9. The van der Waals surface area contributed by atoms with Crippen LogP contribution in [0.4, 0.5) is 23.2 Å². The highest BCUT2D eigenvalue weighted by molar-refractivity contribution is 6.04. The SMILES string of the molecule is O=C(Nc1ccc(F)c(-c2ccc3c(c2)OC2(CCOCC2)CNC3=O)c1)c1ccnc(C(F)(F)F)c1. The Bertz CT molecular complexity index is 1370. The molecule has 0 radical (unpaired) electrons. The van der Waals surface area contributed by atoms with Crippen molar-refractivity contribution in [2.75, 3.05) is 25.1 Å². The summed E-state index contributed by atoms with van der Waals surface area (Å²) < 4.78 is 65.4. The summed E-state index contributed by atoms with van der Waals surface area (Å²) in [6.45, 7) is 1.30. The zero-order chi connectivity index (χ0) is 26.2. The number of anilines is 1. The average molecular weight is 515 g/mol. The molecule has 3 heterocycles. The van der Waals surface area contributed by atoms with E-state index >= 15 is 0 Å². The lowest BCUT2D eigenvalue weighted by Gasteiger charge is -2.36. The van der Waals surface area contributed by atoms with Crippen LogP contribution in [0.1, 0.15) is 39.3 Å². The smallest absolute Gasteiger partial charge is 0.433 e. The van der Waals surface area contributed by atoms with Crippen LogP contribution in [-0.2, 0) is 10.9 Å². The number of aromatic nitrogens is 1. The molecular formula is C26H21F4N3O4. The van der Waals surface area contributed by atoms with Crippen LogP contribution in [0.25, 0.3) is 11.1 Å². The van der Waals surface area contributed by atoms with E-state index < -0.39 is 29.2 Å². The van der Waals surface area contributed by atoms with Crippen molar-refractivity contribution in [2.24, 2.45) is 0 Å². The first-order chi connectivity index (χ1) is 17.6. The Morgan fingerprint density at radius 2 is 1.81 bits per heavy atom. The third-order valence-corrected chi connectivity index (χ3v) is 6.38. The van der Waals surface area contributed by atoms with E-state index in [0.29, 0.717) is 55.5 Å². The Kier molecular flexibility index (Phi) is 6.32. The molecule has 1 aromatic heterocycles. The molecule has 1 spiro atoms. The van der Waals surface area contributed by atoms with Gasteiger partial charge < -0.3 is 20.1 Å². The third-order valence-electron chi connectivity index (χ3n) is 6.38. The van der Waals surface area contributed by atoms with Gasteiger partial charge in [0.25, 0.3) is 11.8 Å². The van der Waals surface area contributed by atoms with E-state index in [-0.39, 0.29) is 22.7 Å². The lowest BCUT2D eigenvalue weighted by molar-refractivity contribution is -0.141. The summed E-state index contributed by atoms with van der Waals surface area (Å²) >= 11 is 0. The summed E-state index contributed by atoms with van der Waals surface area (Å²) in [4.78, 5) is 28.5. The second-order valence-electron chi connectivity index (χ2n) is 8.87. The van der Waals surface area contributed by atoms with Crippen LogP contribution in [0.5, 0.6) is 5.75 Å². The normalized spacial score (nSPS) is 16.8. The third kappa shape index (κ3) is 5.12. The molecule has 0 atom stereocenters. The summed E-state index contributed by atoms with van der Waals surface area (Å²) in [6, 6.07) is 10.3. The van der Waals surface area contributed by atoms with E-state index in [4.69, 9.17) is 9.47 Å². The lowest BCUT2D eigenvalue weighted by atomic mass is 9.94. The van der Waals surface area contributed by atoms with E-state index in [1.165, 1.54) is 12.1 Å².